The van der Waals surface area contributed by atoms with Crippen LogP contribution in [0.3, 0.4) is 0 Å². The first-order valence-electron chi connectivity index (χ1n) is 8.03. The first-order chi connectivity index (χ1) is 10.9. The minimum absolute atomic E-state index is 0.0331. The summed E-state index contributed by atoms with van der Waals surface area (Å²) < 4.78 is 5.52. The molecule has 0 aliphatic rings. The van der Waals surface area contributed by atoms with E-state index in [1.54, 1.807) is 0 Å². The summed E-state index contributed by atoms with van der Waals surface area (Å²) in [6.45, 7) is 10.7. The van der Waals surface area contributed by atoms with Crippen LogP contribution in [0.15, 0.2) is 36.4 Å². The van der Waals surface area contributed by atoms with Gasteiger partial charge in [0.15, 0.2) is 0 Å². The van der Waals surface area contributed by atoms with Crippen molar-refractivity contribution in [3.05, 3.63) is 64.2 Å². The largest absolute Gasteiger partial charge is 0.494 e. The highest BCUT2D eigenvalue weighted by molar-refractivity contribution is 5.94. The lowest BCUT2D eigenvalue weighted by Crippen LogP contribution is -2.27. The first-order valence-corrected chi connectivity index (χ1v) is 8.03. The van der Waals surface area contributed by atoms with E-state index < -0.39 is 0 Å². The molecule has 2 rings (SSSR count). The smallest absolute Gasteiger partial charge is 0.251 e. The summed E-state index contributed by atoms with van der Waals surface area (Å²) in [4.78, 5) is 12.5. The molecule has 2 aromatic rings. The normalized spacial score (nSPS) is 11.9. The van der Waals surface area contributed by atoms with E-state index in [4.69, 9.17) is 4.74 Å². The molecule has 0 heterocycles. The van der Waals surface area contributed by atoms with Crippen molar-refractivity contribution < 1.29 is 9.53 Å². The number of hydrogen-bond acceptors (Lipinski definition) is 2. The summed E-state index contributed by atoms with van der Waals surface area (Å²) in [7, 11) is 0. The van der Waals surface area contributed by atoms with E-state index in [0.717, 1.165) is 16.9 Å². The van der Waals surface area contributed by atoms with Crippen LogP contribution in [0, 0.1) is 20.8 Å². The van der Waals surface area contributed by atoms with Gasteiger partial charge in [0, 0.05) is 5.56 Å². The molecule has 1 N–H and O–H groups in total. The van der Waals surface area contributed by atoms with Gasteiger partial charge in [0.25, 0.3) is 5.91 Å². The Kier molecular flexibility index (Phi) is 5.43. The number of hydrogen-bond donors (Lipinski definition) is 1. The van der Waals surface area contributed by atoms with Crippen LogP contribution in [0.1, 0.15) is 52.5 Å². The average molecular weight is 311 g/mol. The second-order valence-electron chi connectivity index (χ2n) is 5.97. The summed E-state index contributed by atoms with van der Waals surface area (Å²) in [6, 6.07) is 11.8. The molecule has 0 saturated heterocycles. The third-order valence-corrected chi connectivity index (χ3v) is 3.99. The number of benzene rings is 2. The Morgan fingerprint density at radius 3 is 2.48 bits per heavy atom. The van der Waals surface area contributed by atoms with Gasteiger partial charge in [-0.3, -0.25) is 4.79 Å². The highest BCUT2D eigenvalue weighted by Crippen LogP contribution is 2.22. The highest BCUT2D eigenvalue weighted by atomic mass is 16.5. The Hall–Kier alpha value is -2.29. The molecule has 0 spiro atoms. The fraction of sp³-hybridized carbons (Fsp3) is 0.350. The molecule has 3 heteroatoms. The first kappa shape index (κ1) is 17.1. The van der Waals surface area contributed by atoms with Crippen LogP contribution in [-0.2, 0) is 0 Å². The molecule has 2 aromatic carbocycles. The van der Waals surface area contributed by atoms with E-state index in [2.05, 4.69) is 37.4 Å². The number of aryl methyl sites for hydroxylation is 3. The Morgan fingerprint density at radius 1 is 1.09 bits per heavy atom. The van der Waals surface area contributed by atoms with Gasteiger partial charge in [-0.25, -0.2) is 0 Å². The molecule has 0 aliphatic carbocycles. The third kappa shape index (κ3) is 4.13. The van der Waals surface area contributed by atoms with Crippen LogP contribution in [0.25, 0.3) is 0 Å². The third-order valence-electron chi connectivity index (χ3n) is 3.99. The molecular weight excluding hydrogens is 286 g/mol. The maximum Gasteiger partial charge on any atom is 0.251 e. The second-order valence-corrected chi connectivity index (χ2v) is 5.97. The summed E-state index contributed by atoms with van der Waals surface area (Å²) in [6.07, 6.45) is 0. The zero-order valence-corrected chi connectivity index (χ0v) is 14.6. The van der Waals surface area contributed by atoms with Gasteiger partial charge in [-0.15, -0.1) is 0 Å². The number of rotatable bonds is 5. The topological polar surface area (TPSA) is 38.3 Å². The molecule has 0 radical (unpaired) electrons. The van der Waals surface area contributed by atoms with E-state index in [9.17, 15) is 4.79 Å². The van der Waals surface area contributed by atoms with Crippen molar-refractivity contribution in [3.63, 3.8) is 0 Å². The monoisotopic (exact) mass is 311 g/mol. The number of ether oxygens (including phenoxy) is 1. The predicted octanol–water partition coefficient (Wildman–Crippen LogP) is 4.50. The SMILES string of the molecule is CCOc1ccc(C(=O)N[C@H](C)c2cc(C)ccc2C)cc1C. The van der Waals surface area contributed by atoms with Crippen molar-refractivity contribution >= 4 is 5.91 Å². The lowest BCUT2D eigenvalue weighted by molar-refractivity contribution is 0.0939. The van der Waals surface area contributed by atoms with Crippen molar-refractivity contribution in [1.29, 1.82) is 0 Å². The van der Waals surface area contributed by atoms with E-state index in [0.29, 0.717) is 12.2 Å². The van der Waals surface area contributed by atoms with Crippen LogP contribution in [0.2, 0.25) is 0 Å². The Bertz CT molecular complexity index is 707. The minimum Gasteiger partial charge on any atom is -0.494 e. The predicted molar refractivity (Wildman–Crippen MR) is 94.1 cm³/mol. The molecule has 23 heavy (non-hydrogen) atoms. The zero-order chi connectivity index (χ0) is 17.0. The highest BCUT2D eigenvalue weighted by Gasteiger charge is 2.14. The lowest BCUT2D eigenvalue weighted by atomic mass is 9.99. The lowest BCUT2D eigenvalue weighted by Gasteiger charge is -2.18. The Morgan fingerprint density at radius 2 is 1.83 bits per heavy atom. The van der Waals surface area contributed by atoms with E-state index in [-0.39, 0.29) is 11.9 Å². The van der Waals surface area contributed by atoms with Crippen LogP contribution in [0.4, 0.5) is 0 Å². The maximum absolute atomic E-state index is 12.5. The standard InChI is InChI=1S/C20H25NO2/c1-6-23-19-10-9-17(12-15(19)4)20(22)21-16(5)18-11-13(2)7-8-14(18)3/h7-12,16H,6H2,1-5H3,(H,21,22)/t16-/m1/s1. The van der Waals surface area contributed by atoms with E-state index in [1.165, 1.54) is 11.1 Å². The molecule has 1 amide bonds. The van der Waals surface area contributed by atoms with Gasteiger partial charge in [-0.1, -0.05) is 23.8 Å². The minimum atomic E-state index is -0.0652. The molecular formula is C20H25NO2. The van der Waals surface area contributed by atoms with Crippen molar-refractivity contribution in [3.8, 4) is 5.75 Å². The van der Waals surface area contributed by atoms with Crippen molar-refractivity contribution in [2.45, 2.75) is 40.7 Å². The number of carbonyl (C=O) groups excluding carboxylic acids is 1. The van der Waals surface area contributed by atoms with Gasteiger partial charge in [0.2, 0.25) is 0 Å². The van der Waals surface area contributed by atoms with Gasteiger partial charge in [0.05, 0.1) is 12.6 Å². The summed E-state index contributed by atoms with van der Waals surface area (Å²) in [5, 5.41) is 3.08. The molecule has 0 bridgehead atoms. The Labute approximate surface area is 138 Å². The molecule has 0 fully saturated rings. The number of carbonyl (C=O) groups is 1. The van der Waals surface area contributed by atoms with Gasteiger partial charge in [-0.05, 0) is 69.5 Å². The van der Waals surface area contributed by atoms with E-state index in [1.807, 2.05) is 39.0 Å². The average Bonchev–Trinajstić information content (AvgIpc) is 2.51. The maximum atomic E-state index is 12.5. The molecule has 0 aliphatic heterocycles. The molecule has 1 atom stereocenters. The van der Waals surface area contributed by atoms with Crippen molar-refractivity contribution in [2.75, 3.05) is 6.61 Å². The summed E-state index contributed by atoms with van der Waals surface area (Å²) in [5.74, 6) is 0.760. The number of amides is 1. The van der Waals surface area contributed by atoms with Gasteiger partial charge in [0.1, 0.15) is 5.75 Å². The van der Waals surface area contributed by atoms with Crippen molar-refractivity contribution in [2.24, 2.45) is 0 Å². The molecule has 3 nitrogen and oxygen atoms in total. The van der Waals surface area contributed by atoms with Crippen LogP contribution < -0.4 is 10.1 Å². The van der Waals surface area contributed by atoms with Crippen molar-refractivity contribution in [1.82, 2.24) is 5.32 Å². The summed E-state index contributed by atoms with van der Waals surface area (Å²) in [5.41, 5.74) is 5.16. The molecule has 0 unspecified atom stereocenters. The fourth-order valence-corrected chi connectivity index (χ4v) is 2.69. The fourth-order valence-electron chi connectivity index (χ4n) is 2.69. The molecule has 0 aromatic heterocycles. The second kappa shape index (κ2) is 7.32. The van der Waals surface area contributed by atoms with Gasteiger partial charge in [-0.2, -0.15) is 0 Å². The van der Waals surface area contributed by atoms with Crippen LogP contribution >= 0.6 is 0 Å². The van der Waals surface area contributed by atoms with Crippen LogP contribution in [0.5, 0.6) is 5.75 Å². The van der Waals surface area contributed by atoms with Gasteiger partial charge < -0.3 is 10.1 Å². The van der Waals surface area contributed by atoms with Crippen LogP contribution in [-0.4, -0.2) is 12.5 Å². The Balaban J connectivity index is 2.15. The zero-order valence-electron chi connectivity index (χ0n) is 14.6. The number of nitrogens with one attached hydrogen (secondary N) is 1. The molecule has 122 valence electrons. The van der Waals surface area contributed by atoms with Gasteiger partial charge >= 0.3 is 0 Å². The summed E-state index contributed by atoms with van der Waals surface area (Å²) >= 11 is 0. The van der Waals surface area contributed by atoms with E-state index >= 15 is 0 Å². The molecule has 0 saturated carbocycles. The quantitative estimate of drug-likeness (QED) is 0.883.